The van der Waals surface area contributed by atoms with Crippen molar-refractivity contribution in [3.05, 3.63) is 103 Å². The minimum Gasteiger partial charge on any atom is -0.467 e. The Hall–Kier alpha value is -3.40. The molecule has 166 valence electrons. The van der Waals surface area contributed by atoms with Gasteiger partial charge in [-0.25, -0.2) is 0 Å². The molecular weight excluding hydrogens is 487 g/mol. The van der Waals surface area contributed by atoms with E-state index in [1.807, 2.05) is 0 Å². The first-order valence-electron chi connectivity index (χ1n) is 9.45. The van der Waals surface area contributed by atoms with E-state index in [1.165, 1.54) is 29.5 Å². The Balaban J connectivity index is 1.62. The van der Waals surface area contributed by atoms with E-state index in [9.17, 15) is 14.9 Å². The van der Waals surface area contributed by atoms with Gasteiger partial charge in [-0.1, -0.05) is 35.3 Å². The number of benzene rings is 2. The van der Waals surface area contributed by atoms with Gasteiger partial charge in [0.1, 0.15) is 5.76 Å². The molecule has 1 saturated heterocycles. The number of non-ortho nitro benzene ring substituents is 1. The highest BCUT2D eigenvalue weighted by Gasteiger charge is 2.34. The van der Waals surface area contributed by atoms with Crippen molar-refractivity contribution in [3.8, 4) is 0 Å². The van der Waals surface area contributed by atoms with Gasteiger partial charge in [0.05, 0.1) is 38.9 Å². The van der Waals surface area contributed by atoms with Gasteiger partial charge in [-0.2, -0.15) is 5.10 Å². The Morgan fingerprint density at radius 2 is 1.91 bits per heavy atom. The number of nitro groups is 1. The molecule has 3 aromatic rings. The number of amides is 1. The molecule has 0 N–H and O–H groups in total. The largest absolute Gasteiger partial charge is 0.467 e. The van der Waals surface area contributed by atoms with Gasteiger partial charge in [0, 0.05) is 12.1 Å². The molecule has 2 heterocycles. The lowest BCUT2D eigenvalue weighted by Gasteiger charge is -2.12. The monoisotopic (exact) mass is 500 g/mol. The quantitative estimate of drug-likeness (QED) is 0.178. The molecule has 11 heteroatoms. The van der Waals surface area contributed by atoms with E-state index in [0.717, 1.165) is 11.8 Å². The Morgan fingerprint density at radius 1 is 1.12 bits per heavy atom. The van der Waals surface area contributed by atoms with E-state index in [4.69, 9.17) is 27.6 Å². The van der Waals surface area contributed by atoms with Crippen LogP contribution in [0, 0.1) is 10.1 Å². The molecule has 1 aromatic heterocycles. The third kappa shape index (κ3) is 5.33. The maximum absolute atomic E-state index is 13.1. The van der Waals surface area contributed by atoms with Crippen LogP contribution in [0.15, 0.2) is 80.4 Å². The van der Waals surface area contributed by atoms with Crippen LogP contribution in [-0.4, -0.2) is 27.1 Å². The molecule has 8 nitrogen and oxygen atoms in total. The Morgan fingerprint density at radius 3 is 2.61 bits per heavy atom. The Kier molecular flexibility index (Phi) is 6.93. The van der Waals surface area contributed by atoms with Crippen LogP contribution < -0.4 is 0 Å². The summed E-state index contributed by atoms with van der Waals surface area (Å²) >= 11 is 13.5. The van der Waals surface area contributed by atoms with Crippen molar-refractivity contribution in [3.63, 3.8) is 0 Å². The van der Waals surface area contributed by atoms with E-state index in [2.05, 4.69) is 10.2 Å². The fourth-order valence-corrected chi connectivity index (χ4v) is 4.17. The second-order valence-electron chi connectivity index (χ2n) is 6.70. The molecule has 33 heavy (non-hydrogen) atoms. The van der Waals surface area contributed by atoms with Crippen molar-refractivity contribution in [1.82, 2.24) is 4.90 Å². The number of rotatable bonds is 6. The average Bonchev–Trinajstić information content (AvgIpc) is 3.41. The first-order chi connectivity index (χ1) is 15.9. The number of hydrogen-bond acceptors (Lipinski definition) is 7. The number of nitrogens with zero attached hydrogens (tertiary/aromatic N) is 4. The first-order valence-corrected chi connectivity index (χ1v) is 11.0. The van der Waals surface area contributed by atoms with Crippen LogP contribution >= 0.6 is 35.0 Å². The van der Waals surface area contributed by atoms with Gasteiger partial charge in [-0.05, 0) is 59.3 Å². The van der Waals surface area contributed by atoms with Gasteiger partial charge < -0.3 is 4.42 Å². The lowest BCUT2D eigenvalue weighted by molar-refractivity contribution is -0.384. The highest BCUT2D eigenvalue weighted by atomic mass is 35.5. The van der Waals surface area contributed by atoms with Crippen LogP contribution in [-0.2, 0) is 11.3 Å². The van der Waals surface area contributed by atoms with E-state index in [1.54, 1.807) is 48.5 Å². The zero-order valence-electron chi connectivity index (χ0n) is 16.7. The van der Waals surface area contributed by atoms with E-state index in [-0.39, 0.29) is 18.1 Å². The molecule has 4 rings (SSSR count). The molecule has 0 spiro atoms. The van der Waals surface area contributed by atoms with Crippen LogP contribution in [0.2, 0.25) is 10.0 Å². The fraction of sp³-hybridized carbons (Fsp3) is 0.0455. The number of carbonyl (C=O) groups is 1. The number of hydrogen-bond donors (Lipinski definition) is 0. The first kappa shape index (κ1) is 22.8. The lowest BCUT2D eigenvalue weighted by Crippen LogP contribution is -2.28. The summed E-state index contributed by atoms with van der Waals surface area (Å²) in [4.78, 5) is 25.2. The summed E-state index contributed by atoms with van der Waals surface area (Å²) in [6.07, 6.45) is 4.62. The number of furan rings is 1. The topological polar surface area (TPSA) is 101 Å². The minimum absolute atomic E-state index is 0.0190. The van der Waals surface area contributed by atoms with Crippen molar-refractivity contribution in [2.75, 3.05) is 0 Å². The number of nitro benzene ring substituents is 1. The molecule has 1 amide bonds. The molecule has 1 aliphatic heterocycles. The third-order valence-corrected chi connectivity index (χ3v) is 6.33. The normalized spacial score (nSPS) is 16.4. The van der Waals surface area contributed by atoms with Crippen LogP contribution in [0.25, 0.3) is 6.08 Å². The summed E-state index contributed by atoms with van der Waals surface area (Å²) in [5.74, 6) is 0.301. The maximum Gasteiger partial charge on any atom is 0.269 e. The van der Waals surface area contributed by atoms with E-state index < -0.39 is 4.92 Å². The van der Waals surface area contributed by atoms with Crippen LogP contribution in [0.3, 0.4) is 0 Å². The van der Waals surface area contributed by atoms with Gasteiger partial charge in [0.25, 0.3) is 11.6 Å². The summed E-state index contributed by atoms with van der Waals surface area (Å²) in [5, 5.41) is 20.1. The molecule has 0 aliphatic carbocycles. The zero-order chi connectivity index (χ0) is 23.4. The molecule has 1 fully saturated rings. The number of thioether (sulfide) groups is 1. The standard InChI is InChI=1S/C22H14Cl2N4O4S/c23-18-5-1-3-15(20(18)24)11-19-21(29)27(13-17-4-2-10-32-17)22(33-19)26-25-12-14-6-8-16(9-7-14)28(30)31/h1-12H,13H2/b19-11-,25-12-,26-22+. The van der Waals surface area contributed by atoms with Crippen molar-refractivity contribution in [2.24, 2.45) is 10.2 Å². The summed E-state index contributed by atoms with van der Waals surface area (Å²) < 4.78 is 5.38. The van der Waals surface area contributed by atoms with E-state index >= 15 is 0 Å². The van der Waals surface area contributed by atoms with Crippen LogP contribution in [0.1, 0.15) is 16.9 Å². The molecule has 0 atom stereocenters. The molecule has 0 saturated carbocycles. The van der Waals surface area contributed by atoms with Gasteiger partial charge >= 0.3 is 0 Å². The lowest BCUT2D eigenvalue weighted by atomic mass is 10.2. The van der Waals surface area contributed by atoms with Crippen LogP contribution in [0.4, 0.5) is 5.69 Å². The van der Waals surface area contributed by atoms with Crippen molar-refractivity contribution < 1.29 is 14.1 Å². The smallest absolute Gasteiger partial charge is 0.269 e. The number of halogens is 2. The Labute approximate surface area is 202 Å². The van der Waals surface area contributed by atoms with Crippen molar-refractivity contribution >= 4 is 64.0 Å². The second kappa shape index (κ2) is 10.0. The molecule has 2 aromatic carbocycles. The molecule has 1 aliphatic rings. The third-order valence-electron chi connectivity index (χ3n) is 4.50. The molecule has 0 radical (unpaired) electrons. The summed E-state index contributed by atoms with van der Waals surface area (Å²) in [7, 11) is 0. The fourth-order valence-electron chi connectivity index (χ4n) is 2.88. The Bertz CT molecular complexity index is 1290. The molecular formula is C22H14Cl2N4O4S. The SMILES string of the molecule is O=C1/C(=C/c2cccc(Cl)c2Cl)S/C(=N/N=C\c2ccc([N+](=O)[O-])cc2)N1Cc1ccco1. The highest BCUT2D eigenvalue weighted by Crippen LogP contribution is 2.36. The predicted molar refractivity (Wildman–Crippen MR) is 129 cm³/mol. The van der Waals surface area contributed by atoms with Gasteiger partial charge in [-0.3, -0.25) is 19.8 Å². The minimum atomic E-state index is -0.478. The molecule has 0 bridgehead atoms. The van der Waals surface area contributed by atoms with Gasteiger partial charge in [0.15, 0.2) is 5.17 Å². The summed E-state index contributed by atoms with van der Waals surface area (Å²) in [6, 6.07) is 14.5. The zero-order valence-corrected chi connectivity index (χ0v) is 19.0. The van der Waals surface area contributed by atoms with Gasteiger partial charge in [-0.15, -0.1) is 5.10 Å². The highest BCUT2D eigenvalue weighted by molar-refractivity contribution is 8.18. The average molecular weight is 501 g/mol. The number of carbonyl (C=O) groups excluding carboxylic acids is 1. The number of amidine groups is 1. The van der Waals surface area contributed by atoms with Crippen molar-refractivity contribution in [2.45, 2.75) is 6.54 Å². The maximum atomic E-state index is 13.1. The van der Waals surface area contributed by atoms with E-state index in [0.29, 0.717) is 37.0 Å². The second-order valence-corrected chi connectivity index (χ2v) is 8.49. The summed E-state index contributed by atoms with van der Waals surface area (Å²) in [5.41, 5.74) is 1.21. The summed E-state index contributed by atoms with van der Waals surface area (Å²) in [6.45, 7) is 0.172. The van der Waals surface area contributed by atoms with Crippen LogP contribution in [0.5, 0.6) is 0 Å². The van der Waals surface area contributed by atoms with Crippen molar-refractivity contribution in [1.29, 1.82) is 0 Å². The molecule has 0 unspecified atom stereocenters. The predicted octanol–water partition coefficient (Wildman–Crippen LogP) is 6.00. The van der Waals surface area contributed by atoms with Gasteiger partial charge in [0.2, 0.25) is 0 Å².